The van der Waals surface area contributed by atoms with Crippen molar-refractivity contribution in [3.8, 4) is 0 Å². The van der Waals surface area contributed by atoms with Crippen LogP contribution in [0.25, 0.3) is 0 Å². The van der Waals surface area contributed by atoms with Crippen LogP contribution in [0, 0.1) is 5.92 Å². The van der Waals surface area contributed by atoms with E-state index in [1.807, 2.05) is 0 Å². The number of rotatable bonds is 6. The summed E-state index contributed by atoms with van der Waals surface area (Å²) >= 11 is 0. The maximum atomic E-state index is 11.8. The van der Waals surface area contributed by atoms with Crippen LogP contribution < -0.4 is 5.32 Å². The van der Waals surface area contributed by atoms with E-state index < -0.39 is 0 Å². The van der Waals surface area contributed by atoms with Gasteiger partial charge in [-0.25, -0.2) is 0 Å². The Hall–Kier alpha value is -1.39. The van der Waals surface area contributed by atoms with Gasteiger partial charge < -0.3 is 10.1 Å². The number of hydrogen-bond acceptors (Lipinski definition) is 4. The topological polar surface area (TPSA) is 41.6 Å². The lowest BCUT2D eigenvalue weighted by Gasteiger charge is -2.34. The van der Waals surface area contributed by atoms with Crippen molar-refractivity contribution < 1.29 is 9.53 Å². The number of likely N-dealkylation sites (tertiary alicyclic amines) is 1. The van der Waals surface area contributed by atoms with Gasteiger partial charge in [-0.3, -0.25) is 9.69 Å². The third-order valence-corrected chi connectivity index (χ3v) is 6.34. The summed E-state index contributed by atoms with van der Waals surface area (Å²) in [7, 11) is 1.50. The smallest absolute Gasteiger partial charge is 0.308 e. The number of carbonyl (C=O) groups excluding carboxylic acids is 1. The molecule has 0 spiro atoms. The number of methoxy groups -OCH3 is 1. The van der Waals surface area contributed by atoms with Crippen LogP contribution in [0.15, 0.2) is 12.1 Å². The predicted octanol–water partition coefficient (Wildman–Crippen LogP) is 4.01. The molecule has 1 N–H and O–H groups in total. The van der Waals surface area contributed by atoms with Gasteiger partial charge in [0, 0.05) is 25.6 Å². The third kappa shape index (κ3) is 4.55. The standard InChI is InChI=1S/C23H36N2O2/c1-15(2)20-10-18(19-12-24-13-19)11-21(16(3)4)22(20)14-25-8-6-17(7-9-25)23(26)27-5/h10-11,15-17,19,24H,6-9,12-14H2,1-5H3. The molecule has 0 unspecified atom stereocenters. The highest BCUT2D eigenvalue weighted by Crippen LogP contribution is 2.34. The molecular weight excluding hydrogens is 336 g/mol. The lowest BCUT2D eigenvalue weighted by Crippen LogP contribution is -2.40. The van der Waals surface area contributed by atoms with Gasteiger partial charge in [0.2, 0.25) is 0 Å². The fourth-order valence-electron chi connectivity index (χ4n) is 4.43. The summed E-state index contributed by atoms with van der Waals surface area (Å²) in [6.07, 6.45) is 1.82. The van der Waals surface area contributed by atoms with Crippen molar-refractivity contribution in [3.63, 3.8) is 0 Å². The Labute approximate surface area is 164 Å². The normalized spacial score (nSPS) is 19.5. The van der Waals surface area contributed by atoms with Gasteiger partial charge in [-0.15, -0.1) is 0 Å². The fraction of sp³-hybridized carbons (Fsp3) is 0.696. The number of hydrogen-bond donors (Lipinski definition) is 1. The Morgan fingerprint density at radius 2 is 1.67 bits per heavy atom. The summed E-state index contributed by atoms with van der Waals surface area (Å²) < 4.78 is 4.93. The molecule has 1 aromatic rings. The second-order valence-corrected chi connectivity index (χ2v) is 8.92. The minimum Gasteiger partial charge on any atom is -0.469 e. The van der Waals surface area contributed by atoms with E-state index in [9.17, 15) is 4.79 Å². The van der Waals surface area contributed by atoms with E-state index in [4.69, 9.17) is 4.74 Å². The van der Waals surface area contributed by atoms with Gasteiger partial charge in [0.05, 0.1) is 13.0 Å². The number of ether oxygens (including phenoxy) is 1. The molecule has 2 heterocycles. The molecule has 2 aliphatic heterocycles. The van der Waals surface area contributed by atoms with E-state index in [1.165, 1.54) is 29.4 Å². The van der Waals surface area contributed by atoms with Crippen molar-refractivity contribution in [2.45, 2.75) is 64.8 Å². The quantitative estimate of drug-likeness (QED) is 0.766. The van der Waals surface area contributed by atoms with Crippen molar-refractivity contribution in [2.24, 2.45) is 5.92 Å². The van der Waals surface area contributed by atoms with E-state index in [0.29, 0.717) is 17.8 Å². The first-order chi connectivity index (χ1) is 12.9. The lowest BCUT2D eigenvalue weighted by atomic mass is 9.82. The Morgan fingerprint density at radius 3 is 2.07 bits per heavy atom. The second kappa shape index (κ2) is 8.74. The molecule has 0 radical (unpaired) electrons. The first-order valence-corrected chi connectivity index (χ1v) is 10.6. The number of esters is 1. The zero-order valence-corrected chi connectivity index (χ0v) is 17.7. The van der Waals surface area contributed by atoms with Gasteiger partial charge in [-0.05, 0) is 60.0 Å². The summed E-state index contributed by atoms with van der Waals surface area (Å²) in [4.78, 5) is 14.3. The summed E-state index contributed by atoms with van der Waals surface area (Å²) in [5.74, 6) is 1.76. The van der Waals surface area contributed by atoms with Crippen LogP contribution in [0.4, 0.5) is 0 Å². The predicted molar refractivity (Wildman–Crippen MR) is 110 cm³/mol. The van der Waals surface area contributed by atoms with E-state index in [1.54, 1.807) is 0 Å². The molecule has 0 aliphatic carbocycles. The molecule has 2 fully saturated rings. The largest absolute Gasteiger partial charge is 0.469 e. The summed E-state index contributed by atoms with van der Waals surface area (Å²) in [6, 6.07) is 4.94. The van der Waals surface area contributed by atoms with Gasteiger partial charge >= 0.3 is 5.97 Å². The van der Waals surface area contributed by atoms with Crippen molar-refractivity contribution in [1.29, 1.82) is 0 Å². The maximum Gasteiger partial charge on any atom is 0.308 e. The Morgan fingerprint density at radius 1 is 1.11 bits per heavy atom. The molecule has 27 heavy (non-hydrogen) atoms. The molecule has 2 saturated heterocycles. The zero-order chi connectivity index (χ0) is 19.6. The monoisotopic (exact) mass is 372 g/mol. The highest BCUT2D eigenvalue weighted by molar-refractivity contribution is 5.72. The van der Waals surface area contributed by atoms with E-state index in [0.717, 1.165) is 45.6 Å². The number of nitrogens with one attached hydrogen (secondary N) is 1. The highest BCUT2D eigenvalue weighted by atomic mass is 16.5. The van der Waals surface area contributed by atoms with Crippen molar-refractivity contribution in [1.82, 2.24) is 10.2 Å². The van der Waals surface area contributed by atoms with E-state index >= 15 is 0 Å². The molecule has 150 valence electrons. The molecular formula is C23H36N2O2. The SMILES string of the molecule is COC(=O)C1CCN(Cc2c(C(C)C)cc(C3CNC3)cc2C(C)C)CC1. The average Bonchev–Trinajstić information content (AvgIpc) is 2.60. The van der Waals surface area contributed by atoms with Gasteiger partial charge in [-0.1, -0.05) is 39.8 Å². The van der Waals surface area contributed by atoms with E-state index in [2.05, 4.69) is 50.0 Å². The van der Waals surface area contributed by atoms with Crippen LogP contribution in [0.1, 0.15) is 80.5 Å². The molecule has 0 bridgehead atoms. The van der Waals surface area contributed by atoms with Crippen LogP contribution in [0.3, 0.4) is 0 Å². The summed E-state index contributed by atoms with van der Waals surface area (Å²) in [6.45, 7) is 14.4. The molecule has 0 aromatic heterocycles. The number of carbonyl (C=O) groups is 1. The first kappa shape index (κ1) is 20.3. The van der Waals surface area contributed by atoms with Crippen LogP contribution in [-0.4, -0.2) is 44.2 Å². The zero-order valence-electron chi connectivity index (χ0n) is 17.7. The number of nitrogens with zero attached hydrogens (tertiary/aromatic N) is 1. The van der Waals surface area contributed by atoms with Crippen LogP contribution >= 0.6 is 0 Å². The average molecular weight is 373 g/mol. The van der Waals surface area contributed by atoms with Crippen LogP contribution in [0.5, 0.6) is 0 Å². The van der Waals surface area contributed by atoms with Gasteiger partial charge in [0.15, 0.2) is 0 Å². The molecule has 1 aromatic carbocycles. The second-order valence-electron chi connectivity index (χ2n) is 8.92. The molecule has 0 saturated carbocycles. The van der Waals surface area contributed by atoms with Gasteiger partial charge in [-0.2, -0.15) is 0 Å². The minimum absolute atomic E-state index is 0.0427. The van der Waals surface area contributed by atoms with Gasteiger partial charge in [0.1, 0.15) is 0 Å². The molecule has 2 aliphatic rings. The molecule has 0 amide bonds. The minimum atomic E-state index is -0.0427. The fourth-order valence-corrected chi connectivity index (χ4v) is 4.43. The Bertz CT molecular complexity index is 627. The lowest BCUT2D eigenvalue weighted by molar-refractivity contribution is -0.147. The molecule has 0 atom stereocenters. The number of piperidine rings is 1. The molecule has 4 nitrogen and oxygen atoms in total. The van der Waals surface area contributed by atoms with Crippen molar-refractivity contribution in [3.05, 3.63) is 34.4 Å². The number of benzene rings is 1. The third-order valence-electron chi connectivity index (χ3n) is 6.34. The Kier molecular flexibility index (Phi) is 6.59. The molecule has 4 heteroatoms. The maximum absolute atomic E-state index is 11.8. The van der Waals surface area contributed by atoms with Crippen molar-refractivity contribution in [2.75, 3.05) is 33.3 Å². The molecule has 3 rings (SSSR count). The first-order valence-electron chi connectivity index (χ1n) is 10.6. The van der Waals surface area contributed by atoms with E-state index in [-0.39, 0.29) is 11.9 Å². The van der Waals surface area contributed by atoms with Crippen molar-refractivity contribution >= 4 is 5.97 Å². The van der Waals surface area contributed by atoms with Crippen LogP contribution in [0.2, 0.25) is 0 Å². The highest BCUT2D eigenvalue weighted by Gasteiger charge is 2.28. The Balaban J connectivity index is 1.82. The summed E-state index contributed by atoms with van der Waals surface area (Å²) in [5, 5.41) is 3.41. The van der Waals surface area contributed by atoms with Gasteiger partial charge in [0.25, 0.3) is 0 Å². The van der Waals surface area contributed by atoms with Crippen LogP contribution in [-0.2, 0) is 16.1 Å². The summed E-state index contributed by atoms with van der Waals surface area (Å²) in [5.41, 5.74) is 6.05.